The smallest absolute Gasteiger partial charge is 0.290 e. The summed E-state index contributed by atoms with van der Waals surface area (Å²) in [6, 6.07) is 0. The van der Waals surface area contributed by atoms with Gasteiger partial charge in [0.25, 0.3) is 8.07 Å². The molecule has 0 bridgehead atoms. The molecule has 4 nitrogen and oxygen atoms in total. The first kappa shape index (κ1) is 11.2. The summed E-state index contributed by atoms with van der Waals surface area (Å²) in [4.78, 5) is 33.4. The fourth-order valence-corrected chi connectivity index (χ4v) is 3.52. The molecule has 0 spiro atoms. The number of nitrogens with two attached hydrogens (primary N) is 1. The van der Waals surface area contributed by atoms with E-state index in [0.29, 0.717) is 0 Å². The van der Waals surface area contributed by atoms with Gasteiger partial charge in [0.2, 0.25) is 0 Å². The largest absolute Gasteiger partial charge is 0.332 e. The molecule has 0 saturated heterocycles. The van der Waals surface area contributed by atoms with Crippen LogP contribution < -0.4 is 5.73 Å². The van der Waals surface area contributed by atoms with Gasteiger partial charge in [0, 0.05) is 6.17 Å². The summed E-state index contributed by atoms with van der Waals surface area (Å²) >= 11 is 0. The van der Waals surface area contributed by atoms with Gasteiger partial charge < -0.3 is 20.1 Å². The minimum absolute atomic E-state index is 0.104. The Hall–Kier alpha value is -0.813. The maximum atomic E-state index is 11.1. The lowest BCUT2D eigenvalue weighted by atomic mass is 10.9. The summed E-state index contributed by atoms with van der Waals surface area (Å²) in [5.41, 5.74) is 5.31. The van der Waals surface area contributed by atoms with Crippen molar-refractivity contribution in [1.82, 2.24) is 0 Å². The van der Waals surface area contributed by atoms with Crippen LogP contribution >= 0.6 is 0 Å². The molecular weight excluding hydrogens is 174 g/mol. The van der Waals surface area contributed by atoms with Crippen molar-refractivity contribution >= 4 is 24.3 Å². The number of hydrogen-bond donors (Lipinski definition) is 1. The average molecular weight is 187 g/mol. The van der Waals surface area contributed by atoms with Crippen LogP contribution in [0.3, 0.4) is 0 Å². The van der Waals surface area contributed by atoms with Crippen molar-refractivity contribution in [2.45, 2.75) is 20.8 Å². The Labute approximate surface area is 72.1 Å². The highest BCUT2D eigenvalue weighted by atomic mass is 28.3. The summed E-state index contributed by atoms with van der Waals surface area (Å²) in [6.07, 6.45) is -0.104. The van der Waals surface area contributed by atoms with Crippen molar-refractivity contribution in [3.8, 4) is 0 Å². The van der Waals surface area contributed by atoms with E-state index >= 15 is 0 Å². The molecule has 0 atom stereocenters. The van der Waals surface area contributed by atoms with E-state index in [1.807, 2.05) is 0 Å². The predicted octanol–water partition coefficient (Wildman–Crippen LogP) is -0.682. The van der Waals surface area contributed by atoms with E-state index in [1.165, 1.54) is 20.8 Å². The van der Waals surface area contributed by atoms with E-state index in [9.17, 15) is 14.4 Å². The quantitative estimate of drug-likeness (QED) is 0.591. The zero-order valence-electron chi connectivity index (χ0n) is 7.51. The Morgan fingerprint density at radius 1 is 1.00 bits per heavy atom. The van der Waals surface area contributed by atoms with Gasteiger partial charge in [0.1, 0.15) is 16.2 Å². The van der Waals surface area contributed by atoms with Crippen molar-refractivity contribution in [3.05, 3.63) is 0 Å². The van der Waals surface area contributed by atoms with Crippen LogP contribution in [0.4, 0.5) is 0 Å². The Bertz CT molecular complexity index is 201. The van der Waals surface area contributed by atoms with Gasteiger partial charge in [0.05, 0.1) is 0 Å². The number of carbonyl (C=O) groups excluding carboxylic acids is 3. The SMILES string of the molecule is CC(=O)[Si](CN)(C(C)=O)C(C)=O. The highest BCUT2D eigenvalue weighted by molar-refractivity contribution is 7.40. The number of carbonyl (C=O) groups is 3. The van der Waals surface area contributed by atoms with Crippen molar-refractivity contribution in [1.29, 1.82) is 0 Å². The lowest BCUT2D eigenvalue weighted by Gasteiger charge is -2.19. The molecule has 0 aromatic rings. The van der Waals surface area contributed by atoms with E-state index < -0.39 is 8.07 Å². The van der Waals surface area contributed by atoms with E-state index in [0.717, 1.165) is 0 Å². The molecule has 0 aromatic carbocycles. The first-order valence-corrected chi connectivity index (χ1v) is 5.83. The monoisotopic (exact) mass is 187 g/mol. The molecular formula is C7H13NO3Si. The zero-order chi connectivity index (χ0) is 9.94. The molecule has 0 fully saturated rings. The van der Waals surface area contributed by atoms with Crippen molar-refractivity contribution in [3.63, 3.8) is 0 Å². The molecule has 0 radical (unpaired) electrons. The van der Waals surface area contributed by atoms with Crippen LogP contribution in [0.5, 0.6) is 0 Å². The first-order chi connectivity index (χ1) is 5.39. The Kier molecular flexibility index (Phi) is 3.48. The lowest BCUT2D eigenvalue weighted by Crippen LogP contribution is -2.62. The molecule has 0 rings (SSSR count). The molecule has 0 aliphatic heterocycles. The van der Waals surface area contributed by atoms with E-state index in [4.69, 9.17) is 5.73 Å². The molecule has 0 aromatic heterocycles. The van der Waals surface area contributed by atoms with Gasteiger partial charge in [-0.05, 0) is 20.8 Å². The van der Waals surface area contributed by atoms with Crippen LogP contribution in [0, 0.1) is 0 Å². The van der Waals surface area contributed by atoms with Gasteiger partial charge >= 0.3 is 0 Å². The maximum Gasteiger partial charge on any atom is 0.290 e. The lowest BCUT2D eigenvalue weighted by molar-refractivity contribution is -0.117. The minimum atomic E-state index is -3.14. The zero-order valence-corrected chi connectivity index (χ0v) is 8.51. The number of rotatable bonds is 4. The Morgan fingerprint density at radius 2 is 1.25 bits per heavy atom. The standard InChI is InChI=1S/C7H13NO3Si/c1-5(9)12(4-8,6(2)10)7(3)11/h4,8H2,1-3H3. The second kappa shape index (κ2) is 3.73. The highest BCUT2D eigenvalue weighted by Crippen LogP contribution is 2.05. The topological polar surface area (TPSA) is 77.2 Å². The van der Waals surface area contributed by atoms with E-state index in [-0.39, 0.29) is 22.4 Å². The van der Waals surface area contributed by atoms with Gasteiger partial charge in [-0.15, -0.1) is 0 Å². The van der Waals surface area contributed by atoms with Gasteiger partial charge in [-0.1, -0.05) is 0 Å². The normalized spacial score (nSPS) is 11.0. The average Bonchev–Trinajstić information content (AvgIpc) is 1.86. The van der Waals surface area contributed by atoms with Gasteiger partial charge in [-0.2, -0.15) is 0 Å². The van der Waals surface area contributed by atoms with Crippen LogP contribution in [0.2, 0.25) is 0 Å². The molecule has 0 heterocycles. The molecule has 0 aliphatic rings. The fraction of sp³-hybridized carbons (Fsp3) is 0.571. The van der Waals surface area contributed by atoms with Crippen molar-refractivity contribution < 1.29 is 14.4 Å². The summed E-state index contributed by atoms with van der Waals surface area (Å²) in [5, 5.41) is -1.03. The predicted molar refractivity (Wildman–Crippen MR) is 46.9 cm³/mol. The third-order valence-corrected chi connectivity index (χ3v) is 6.33. The third kappa shape index (κ3) is 1.51. The van der Waals surface area contributed by atoms with Gasteiger partial charge in [-0.3, -0.25) is 0 Å². The summed E-state index contributed by atoms with van der Waals surface area (Å²) < 4.78 is 0. The molecule has 0 amide bonds. The van der Waals surface area contributed by atoms with E-state index in [1.54, 1.807) is 0 Å². The van der Waals surface area contributed by atoms with Gasteiger partial charge in [0.15, 0.2) is 0 Å². The molecule has 12 heavy (non-hydrogen) atoms. The van der Waals surface area contributed by atoms with Crippen LogP contribution in [0.1, 0.15) is 20.8 Å². The van der Waals surface area contributed by atoms with Crippen molar-refractivity contribution in [2.75, 3.05) is 6.17 Å². The minimum Gasteiger partial charge on any atom is -0.332 e. The van der Waals surface area contributed by atoms with Crippen LogP contribution in [0.15, 0.2) is 0 Å². The number of hydrogen-bond acceptors (Lipinski definition) is 4. The molecule has 68 valence electrons. The molecule has 0 aliphatic carbocycles. The third-order valence-electron chi connectivity index (χ3n) is 2.11. The van der Waals surface area contributed by atoms with Crippen LogP contribution in [-0.2, 0) is 14.4 Å². The van der Waals surface area contributed by atoms with Crippen LogP contribution in [0.25, 0.3) is 0 Å². The Balaban J connectivity index is 5.19. The van der Waals surface area contributed by atoms with Gasteiger partial charge in [-0.25, -0.2) is 0 Å². The molecule has 0 unspecified atom stereocenters. The molecule has 5 heteroatoms. The molecule has 2 N–H and O–H groups in total. The molecule has 0 saturated carbocycles. The summed E-state index contributed by atoms with van der Waals surface area (Å²) in [6.45, 7) is 3.80. The van der Waals surface area contributed by atoms with Crippen molar-refractivity contribution in [2.24, 2.45) is 5.73 Å². The summed E-state index contributed by atoms with van der Waals surface area (Å²) in [5.74, 6) is 0. The summed E-state index contributed by atoms with van der Waals surface area (Å²) in [7, 11) is -3.14. The Morgan fingerprint density at radius 3 is 1.25 bits per heavy atom. The maximum absolute atomic E-state index is 11.1. The second-order valence-corrected chi connectivity index (χ2v) is 7.11. The van der Waals surface area contributed by atoms with Crippen LogP contribution in [-0.4, -0.2) is 30.5 Å². The first-order valence-electron chi connectivity index (χ1n) is 3.62. The van der Waals surface area contributed by atoms with E-state index in [2.05, 4.69) is 0 Å². The fourth-order valence-electron chi connectivity index (χ4n) is 1.17. The highest BCUT2D eigenvalue weighted by Gasteiger charge is 2.48. The second-order valence-electron chi connectivity index (χ2n) is 2.78.